The number of rotatable bonds is 4. The lowest BCUT2D eigenvalue weighted by Gasteiger charge is -2.07. The van der Waals surface area contributed by atoms with Crippen molar-refractivity contribution in [1.29, 1.82) is 0 Å². The van der Waals surface area contributed by atoms with Gasteiger partial charge >= 0.3 is 0 Å². The van der Waals surface area contributed by atoms with Crippen LogP contribution in [-0.2, 0) is 4.79 Å². The predicted molar refractivity (Wildman–Crippen MR) is 85.2 cm³/mol. The van der Waals surface area contributed by atoms with Crippen molar-refractivity contribution in [3.05, 3.63) is 75.9 Å². The minimum absolute atomic E-state index is 0.0435. The van der Waals surface area contributed by atoms with Gasteiger partial charge in [0.05, 0.1) is 0 Å². The number of hydrogen-bond donors (Lipinski definition) is 2. The summed E-state index contributed by atoms with van der Waals surface area (Å²) < 4.78 is 0.870. The van der Waals surface area contributed by atoms with Crippen LogP contribution in [-0.4, -0.2) is 11.8 Å². The number of nitrogens with two attached hydrogens (primary N) is 1. The molecule has 5 heteroatoms. The van der Waals surface area contributed by atoms with E-state index >= 15 is 0 Å². The van der Waals surface area contributed by atoms with Crippen molar-refractivity contribution < 1.29 is 9.59 Å². The zero-order valence-corrected chi connectivity index (χ0v) is 12.6. The molecule has 0 aliphatic heterocycles. The second-order valence-corrected chi connectivity index (χ2v) is 5.21. The van der Waals surface area contributed by atoms with Crippen LogP contribution in [0.15, 0.2) is 64.8 Å². The number of hydrogen-bond acceptors (Lipinski definition) is 2. The summed E-state index contributed by atoms with van der Waals surface area (Å²) in [5, 5.41) is 2.53. The summed E-state index contributed by atoms with van der Waals surface area (Å²) in [4.78, 5) is 23.5. The summed E-state index contributed by atoms with van der Waals surface area (Å²) in [6.07, 6.45) is 1.54. The molecule has 2 aromatic carbocycles. The van der Waals surface area contributed by atoms with Gasteiger partial charge in [0.25, 0.3) is 11.8 Å². The number of amides is 2. The maximum atomic E-state index is 12.0. The van der Waals surface area contributed by atoms with Gasteiger partial charge in [0.15, 0.2) is 0 Å². The van der Waals surface area contributed by atoms with E-state index in [1.165, 1.54) is 6.08 Å². The fourth-order valence-corrected chi connectivity index (χ4v) is 2.13. The van der Waals surface area contributed by atoms with E-state index in [0.29, 0.717) is 5.56 Å². The fourth-order valence-electron chi connectivity index (χ4n) is 1.72. The normalized spacial score (nSPS) is 11.0. The van der Waals surface area contributed by atoms with Crippen molar-refractivity contribution in [1.82, 2.24) is 5.32 Å². The molecule has 0 aliphatic carbocycles. The molecule has 0 atom stereocenters. The van der Waals surface area contributed by atoms with E-state index in [9.17, 15) is 9.59 Å². The largest absolute Gasteiger partial charge is 0.364 e. The standard InChI is InChI=1S/C16H13BrN2O2/c17-13-8-4-5-11(9-13)10-14(15(18)20)19-16(21)12-6-2-1-3-7-12/h1-10H,(H2,18,20)(H,19,21)/b14-10+. The van der Waals surface area contributed by atoms with Crippen LogP contribution in [0.25, 0.3) is 6.08 Å². The third kappa shape index (κ3) is 4.29. The van der Waals surface area contributed by atoms with E-state index < -0.39 is 5.91 Å². The zero-order chi connectivity index (χ0) is 15.2. The van der Waals surface area contributed by atoms with Gasteiger partial charge < -0.3 is 11.1 Å². The number of halogens is 1. The highest BCUT2D eigenvalue weighted by Gasteiger charge is 2.11. The topological polar surface area (TPSA) is 72.2 Å². The van der Waals surface area contributed by atoms with E-state index in [2.05, 4.69) is 21.2 Å². The van der Waals surface area contributed by atoms with Gasteiger partial charge in [-0.1, -0.05) is 46.3 Å². The Morgan fingerprint density at radius 3 is 2.38 bits per heavy atom. The summed E-state index contributed by atoms with van der Waals surface area (Å²) in [6, 6.07) is 15.9. The molecular formula is C16H13BrN2O2. The maximum Gasteiger partial charge on any atom is 0.265 e. The number of carbonyl (C=O) groups is 2. The molecular weight excluding hydrogens is 332 g/mol. The second kappa shape index (κ2) is 6.85. The molecule has 0 aliphatic rings. The highest BCUT2D eigenvalue weighted by Crippen LogP contribution is 2.14. The Labute approximate surface area is 130 Å². The summed E-state index contributed by atoms with van der Waals surface area (Å²) in [6.45, 7) is 0. The van der Waals surface area contributed by atoms with E-state index in [0.717, 1.165) is 10.0 Å². The van der Waals surface area contributed by atoms with Gasteiger partial charge in [-0.15, -0.1) is 0 Å². The molecule has 0 saturated carbocycles. The SMILES string of the molecule is NC(=O)/C(=C\c1cccc(Br)c1)NC(=O)c1ccccc1. The maximum absolute atomic E-state index is 12.0. The lowest BCUT2D eigenvalue weighted by Crippen LogP contribution is -2.31. The Morgan fingerprint density at radius 1 is 1.05 bits per heavy atom. The third-order valence-corrected chi connectivity index (χ3v) is 3.20. The Balaban J connectivity index is 2.24. The van der Waals surface area contributed by atoms with E-state index in [1.54, 1.807) is 24.3 Å². The molecule has 0 radical (unpaired) electrons. The fraction of sp³-hybridized carbons (Fsp3) is 0. The van der Waals surface area contributed by atoms with Crippen molar-refractivity contribution in [3.8, 4) is 0 Å². The Bertz CT molecular complexity index is 696. The monoisotopic (exact) mass is 344 g/mol. The molecule has 4 nitrogen and oxygen atoms in total. The van der Waals surface area contributed by atoms with Gasteiger partial charge in [0.1, 0.15) is 5.70 Å². The number of benzene rings is 2. The van der Waals surface area contributed by atoms with Gasteiger partial charge in [0, 0.05) is 10.0 Å². The highest BCUT2D eigenvalue weighted by molar-refractivity contribution is 9.10. The van der Waals surface area contributed by atoms with Gasteiger partial charge in [-0.2, -0.15) is 0 Å². The quantitative estimate of drug-likeness (QED) is 0.837. The average molecular weight is 345 g/mol. The van der Waals surface area contributed by atoms with Crippen molar-refractivity contribution in [2.75, 3.05) is 0 Å². The van der Waals surface area contributed by atoms with Crippen LogP contribution in [0.2, 0.25) is 0 Å². The van der Waals surface area contributed by atoms with Crippen LogP contribution in [0.4, 0.5) is 0 Å². The van der Waals surface area contributed by atoms with Crippen molar-refractivity contribution in [3.63, 3.8) is 0 Å². The first kappa shape index (κ1) is 15.0. The molecule has 2 amide bonds. The molecule has 3 N–H and O–H groups in total. The summed E-state index contributed by atoms with van der Waals surface area (Å²) in [5.74, 6) is -1.07. The highest BCUT2D eigenvalue weighted by atomic mass is 79.9. The van der Waals surface area contributed by atoms with Gasteiger partial charge in [0.2, 0.25) is 0 Å². The lowest BCUT2D eigenvalue weighted by atomic mass is 10.1. The van der Waals surface area contributed by atoms with Crippen LogP contribution in [0, 0.1) is 0 Å². The van der Waals surface area contributed by atoms with Crippen LogP contribution in [0.1, 0.15) is 15.9 Å². The lowest BCUT2D eigenvalue weighted by molar-refractivity contribution is -0.114. The molecule has 2 aromatic rings. The first-order valence-corrected chi connectivity index (χ1v) is 6.99. The molecule has 0 spiro atoms. The smallest absolute Gasteiger partial charge is 0.265 e. The van der Waals surface area contributed by atoms with Crippen LogP contribution in [0.3, 0.4) is 0 Å². The van der Waals surface area contributed by atoms with E-state index in [1.807, 2.05) is 30.3 Å². The van der Waals surface area contributed by atoms with E-state index in [4.69, 9.17) is 5.73 Å². The average Bonchev–Trinajstić information content (AvgIpc) is 2.47. The minimum atomic E-state index is -0.695. The molecule has 0 heterocycles. The predicted octanol–water partition coefficient (Wildman–Crippen LogP) is 2.71. The van der Waals surface area contributed by atoms with Gasteiger partial charge in [-0.25, -0.2) is 0 Å². The van der Waals surface area contributed by atoms with Crippen LogP contribution < -0.4 is 11.1 Å². The zero-order valence-electron chi connectivity index (χ0n) is 11.0. The molecule has 0 fully saturated rings. The van der Waals surface area contributed by atoms with Crippen molar-refractivity contribution in [2.45, 2.75) is 0 Å². The molecule has 0 unspecified atom stereocenters. The van der Waals surface area contributed by atoms with Gasteiger partial charge in [-0.05, 0) is 35.9 Å². The van der Waals surface area contributed by atoms with Crippen LogP contribution >= 0.6 is 15.9 Å². The number of nitrogens with one attached hydrogen (secondary N) is 1. The second-order valence-electron chi connectivity index (χ2n) is 4.30. The number of carbonyl (C=O) groups excluding carboxylic acids is 2. The summed E-state index contributed by atoms with van der Waals surface area (Å²) in [5.41, 5.74) is 6.57. The molecule has 0 saturated heterocycles. The molecule has 106 valence electrons. The van der Waals surface area contributed by atoms with Gasteiger partial charge in [-0.3, -0.25) is 9.59 Å². The Hall–Kier alpha value is -2.40. The molecule has 0 bridgehead atoms. The molecule has 2 rings (SSSR count). The third-order valence-electron chi connectivity index (χ3n) is 2.71. The molecule has 0 aromatic heterocycles. The van der Waals surface area contributed by atoms with E-state index in [-0.39, 0.29) is 11.6 Å². The first-order chi connectivity index (χ1) is 10.1. The summed E-state index contributed by atoms with van der Waals surface area (Å²) in [7, 11) is 0. The summed E-state index contributed by atoms with van der Waals surface area (Å²) >= 11 is 3.34. The van der Waals surface area contributed by atoms with Crippen molar-refractivity contribution >= 4 is 33.8 Å². The van der Waals surface area contributed by atoms with Crippen LogP contribution in [0.5, 0.6) is 0 Å². The number of primary amides is 1. The van der Waals surface area contributed by atoms with Crippen molar-refractivity contribution in [2.24, 2.45) is 5.73 Å². The minimum Gasteiger partial charge on any atom is -0.364 e. The Kier molecular flexibility index (Phi) is 4.90. The molecule has 21 heavy (non-hydrogen) atoms. The first-order valence-electron chi connectivity index (χ1n) is 6.20. The Morgan fingerprint density at radius 2 is 1.76 bits per heavy atom.